The number of carbonyl (C=O) groups excluding carboxylic acids is 1. The van der Waals surface area contributed by atoms with Gasteiger partial charge < -0.3 is 10.1 Å². The van der Waals surface area contributed by atoms with Gasteiger partial charge in [0.05, 0.1) is 11.5 Å². The Morgan fingerprint density at radius 1 is 1.14 bits per heavy atom. The molecule has 1 fully saturated rings. The Hall–Kier alpha value is -1.74. The Kier molecular flexibility index (Phi) is 8.82. The van der Waals surface area contributed by atoms with Crippen LogP contribution in [0.2, 0.25) is 0 Å². The normalized spacial score (nSPS) is 18.6. The van der Waals surface area contributed by atoms with Gasteiger partial charge in [0.2, 0.25) is 0 Å². The molecular formula is C21H26BrNO5S. The van der Waals surface area contributed by atoms with Crippen molar-refractivity contribution in [3.63, 3.8) is 0 Å². The maximum atomic E-state index is 11.6. The fourth-order valence-corrected chi connectivity index (χ4v) is 3.77. The van der Waals surface area contributed by atoms with Crippen molar-refractivity contribution in [2.75, 3.05) is 6.61 Å². The first-order valence-electron chi connectivity index (χ1n) is 9.40. The summed E-state index contributed by atoms with van der Waals surface area (Å²) in [6, 6.07) is 14.6. The number of halogens is 1. The summed E-state index contributed by atoms with van der Waals surface area (Å²) in [5, 5.41) is 3.35. The quantitative estimate of drug-likeness (QED) is 0.494. The summed E-state index contributed by atoms with van der Waals surface area (Å²) in [4.78, 5) is 11.5. The van der Waals surface area contributed by atoms with Crippen LogP contribution in [0, 0.1) is 6.92 Å². The number of hydrogen-bond acceptors (Lipinski definition) is 5. The van der Waals surface area contributed by atoms with Crippen LogP contribution in [-0.4, -0.2) is 37.6 Å². The molecule has 0 saturated carbocycles. The van der Waals surface area contributed by atoms with Crippen molar-refractivity contribution >= 4 is 32.0 Å². The maximum absolute atomic E-state index is 11.6. The van der Waals surface area contributed by atoms with E-state index in [1.807, 2.05) is 26.0 Å². The lowest BCUT2D eigenvalue weighted by molar-refractivity contribution is -0.145. The zero-order valence-electron chi connectivity index (χ0n) is 16.5. The van der Waals surface area contributed by atoms with E-state index in [9.17, 15) is 13.2 Å². The van der Waals surface area contributed by atoms with E-state index in [0.717, 1.165) is 29.3 Å². The Bertz CT molecular complexity index is 898. The standard InChI is InChI=1S/C14H18BrNO2.C7H8O3S/c1-2-18-14(17)13-8-7-12(16-13)9-10-3-5-11(15)6-4-10;1-6-2-4-7(5-3-6)11(8,9)10/h3-6,12-13,16H,2,7-9H2,1H3;2-5H,1H3,(H,8,9,10)/t12-,13+;/m1./s1. The first-order chi connectivity index (χ1) is 13.7. The third-order valence-corrected chi connectivity index (χ3v) is 5.92. The fourth-order valence-electron chi connectivity index (χ4n) is 3.02. The third-order valence-electron chi connectivity index (χ3n) is 4.53. The lowest BCUT2D eigenvalue weighted by Gasteiger charge is -2.13. The SMILES string of the molecule is CCOC(=O)[C@@H]1CC[C@H](Cc2ccc(Br)cc2)N1.Cc1ccc(S(=O)(=O)O)cc1. The van der Waals surface area contributed by atoms with Gasteiger partial charge in [0.15, 0.2) is 0 Å². The fraction of sp³-hybridized carbons (Fsp3) is 0.381. The molecule has 0 radical (unpaired) electrons. The Labute approximate surface area is 180 Å². The van der Waals surface area contributed by atoms with Crippen molar-refractivity contribution in [2.24, 2.45) is 0 Å². The van der Waals surface area contributed by atoms with E-state index in [4.69, 9.17) is 9.29 Å². The monoisotopic (exact) mass is 483 g/mol. The van der Waals surface area contributed by atoms with Crippen LogP contribution in [0.5, 0.6) is 0 Å². The second kappa shape index (κ2) is 10.9. The Morgan fingerprint density at radius 3 is 2.31 bits per heavy atom. The lowest BCUT2D eigenvalue weighted by Crippen LogP contribution is -2.37. The van der Waals surface area contributed by atoms with Crippen LogP contribution >= 0.6 is 15.9 Å². The molecule has 1 aliphatic heterocycles. The van der Waals surface area contributed by atoms with Gasteiger partial charge in [0, 0.05) is 10.5 Å². The minimum Gasteiger partial charge on any atom is -0.465 e. The summed E-state index contributed by atoms with van der Waals surface area (Å²) in [7, 11) is -4.02. The van der Waals surface area contributed by atoms with E-state index in [1.54, 1.807) is 12.1 Å². The van der Waals surface area contributed by atoms with Gasteiger partial charge in [-0.1, -0.05) is 45.8 Å². The Balaban J connectivity index is 0.000000234. The van der Waals surface area contributed by atoms with Gasteiger partial charge in [0.1, 0.15) is 6.04 Å². The molecule has 158 valence electrons. The molecular weight excluding hydrogens is 458 g/mol. The van der Waals surface area contributed by atoms with Gasteiger partial charge in [0.25, 0.3) is 10.1 Å². The summed E-state index contributed by atoms with van der Waals surface area (Å²) < 4.78 is 35.7. The van der Waals surface area contributed by atoms with E-state index < -0.39 is 10.1 Å². The highest BCUT2D eigenvalue weighted by molar-refractivity contribution is 9.10. The average Bonchev–Trinajstić information content (AvgIpc) is 3.13. The average molecular weight is 484 g/mol. The molecule has 2 aromatic rings. The van der Waals surface area contributed by atoms with Crippen LogP contribution < -0.4 is 5.32 Å². The summed E-state index contributed by atoms with van der Waals surface area (Å²) in [5.41, 5.74) is 2.25. The van der Waals surface area contributed by atoms with Crippen molar-refractivity contribution in [2.45, 2.75) is 50.1 Å². The molecule has 1 saturated heterocycles. The molecule has 8 heteroatoms. The van der Waals surface area contributed by atoms with E-state index in [1.165, 1.54) is 17.7 Å². The molecule has 0 amide bonds. The number of esters is 1. The first kappa shape index (κ1) is 23.5. The summed E-state index contributed by atoms with van der Waals surface area (Å²) in [6.07, 6.45) is 2.86. The predicted octanol–water partition coefficient (Wildman–Crippen LogP) is 3.92. The topological polar surface area (TPSA) is 92.7 Å². The van der Waals surface area contributed by atoms with Crippen LogP contribution in [0.4, 0.5) is 0 Å². The molecule has 29 heavy (non-hydrogen) atoms. The van der Waals surface area contributed by atoms with Gasteiger partial charge in [-0.05, 0) is 62.9 Å². The molecule has 2 N–H and O–H groups in total. The molecule has 0 aromatic heterocycles. The smallest absolute Gasteiger partial charge is 0.323 e. The second-order valence-electron chi connectivity index (χ2n) is 6.86. The van der Waals surface area contributed by atoms with Crippen molar-refractivity contribution in [1.29, 1.82) is 0 Å². The molecule has 1 aliphatic rings. The lowest BCUT2D eigenvalue weighted by atomic mass is 10.0. The summed E-state index contributed by atoms with van der Waals surface area (Å²) in [6.45, 7) is 4.13. The largest absolute Gasteiger partial charge is 0.465 e. The molecule has 2 aromatic carbocycles. The van der Waals surface area contributed by atoms with Crippen molar-refractivity contribution in [1.82, 2.24) is 5.32 Å². The predicted molar refractivity (Wildman–Crippen MR) is 115 cm³/mol. The first-order valence-corrected chi connectivity index (χ1v) is 11.6. The van der Waals surface area contributed by atoms with Crippen LogP contribution in [0.15, 0.2) is 57.9 Å². The Morgan fingerprint density at radius 2 is 1.76 bits per heavy atom. The highest BCUT2D eigenvalue weighted by Crippen LogP contribution is 2.19. The molecule has 1 heterocycles. The zero-order valence-corrected chi connectivity index (χ0v) is 18.9. The van der Waals surface area contributed by atoms with Crippen LogP contribution in [0.3, 0.4) is 0 Å². The molecule has 0 unspecified atom stereocenters. The van der Waals surface area contributed by atoms with Crippen molar-refractivity contribution in [3.8, 4) is 0 Å². The summed E-state index contributed by atoms with van der Waals surface area (Å²) >= 11 is 3.43. The van der Waals surface area contributed by atoms with Gasteiger partial charge in [-0.15, -0.1) is 0 Å². The number of ether oxygens (including phenoxy) is 1. The van der Waals surface area contributed by atoms with E-state index in [2.05, 4.69) is 33.4 Å². The second-order valence-corrected chi connectivity index (χ2v) is 9.20. The van der Waals surface area contributed by atoms with Gasteiger partial charge in [-0.25, -0.2) is 0 Å². The van der Waals surface area contributed by atoms with E-state index in [-0.39, 0.29) is 16.9 Å². The number of hydrogen-bond donors (Lipinski definition) is 2. The van der Waals surface area contributed by atoms with Crippen molar-refractivity contribution < 1.29 is 22.5 Å². The van der Waals surface area contributed by atoms with Crippen LogP contribution in [-0.2, 0) is 26.1 Å². The number of nitrogens with one attached hydrogen (secondary N) is 1. The minimum atomic E-state index is -4.02. The van der Waals surface area contributed by atoms with Gasteiger partial charge in [-0.3, -0.25) is 9.35 Å². The zero-order chi connectivity index (χ0) is 21.4. The van der Waals surface area contributed by atoms with E-state index >= 15 is 0 Å². The van der Waals surface area contributed by atoms with E-state index in [0.29, 0.717) is 12.6 Å². The molecule has 0 spiro atoms. The van der Waals surface area contributed by atoms with Gasteiger partial charge in [-0.2, -0.15) is 8.42 Å². The molecule has 2 atom stereocenters. The molecule has 3 rings (SSSR count). The number of rotatable bonds is 5. The third kappa shape index (κ3) is 7.89. The highest BCUT2D eigenvalue weighted by Gasteiger charge is 2.29. The molecule has 0 aliphatic carbocycles. The van der Waals surface area contributed by atoms with Crippen LogP contribution in [0.25, 0.3) is 0 Å². The van der Waals surface area contributed by atoms with Crippen LogP contribution in [0.1, 0.15) is 30.9 Å². The number of benzene rings is 2. The maximum Gasteiger partial charge on any atom is 0.323 e. The highest BCUT2D eigenvalue weighted by atomic mass is 79.9. The molecule has 0 bridgehead atoms. The van der Waals surface area contributed by atoms with Gasteiger partial charge >= 0.3 is 5.97 Å². The van der Waals surface area contributed by atoms with Crippen molar-refractivity contribution in [3.05, 3.63) is 64.1 Å². The summed E-state index contributed by atoms with van der Waals surface area (Å²) in [5.74, 6) is -0.115. The molecule has 6 nitrogen and oxygen atoms in total. The number of aryl methyl sites for hydroxylation is 1. The number of carbonyl (C=O) groups is 1. The minimum absolute atomic E-state index is 0.0666.